The fourth-order valence-electron chi connectivity index (χ4n) is 2.43. The quantitative estimate of drug-likeness (QED) is 0.514. The lowest BCUT2D eigenvalue weighted by Gasteiger charge is -2.26. The van der Waals surface area contributed by atoms with Gasteiger partial charge in [-0.25, -0.2) is 0 Å². The van der Waals surface area contributed by atoms with Gasteiger partial charge in [-0.15, -0.1) is 0 Å². The van der Waals surface area contributed by atoms with Gasteiger partial charge in [0.2, 0.25) is 0 Å². The van der Waals surface area contributed by atoms with Crippen LogP contribution >= 0.6 is 0 Å². The van der Waals surface area contributed by atoms with Gasteiger partial charge in [0.25, 0.3) is 5.69 Å². The molecular weight excluding hydrogens is 244 g/mol. The van der Waals surface area contributed by atoms with E-state index in [4.69, 9.17) is 10.5 Å². The van der Waals surface area contributed by atoms with E-state index < -0.39 is 4.92 Å². The molecule has 0 radical (unpaired) electrons. The fourth-order valence-corrected chi connectivity index (χ4v) is 2.43. The second-order valence-corrected chi connectivity index (χ2v) is 5.33. The number of rotatable bonds is 4. The maximum Gasteiger partial charge on any atom is 0.269 e. The van der Waals surface area contributed by atoms with Gasteiger partial charge in [0, 0.05) is 23.4 Å². The molecule has 5 heteroatoms. The summed E-state index contributed by atoms with van der Waals surface area (Å²) in [6.45, 7) is 2.61. The maximum absolute atomic E-state index is 10.7. The Labute approximate surface area is 112 Å². The Morgan fingerprint density at radius 1 is 1.37 bits per heavy atom. The van der Waals surface area contributed by atoms with Crippen LogP contribution in [0, 0.1) is 16.0 Å². The van der Waals surface area contributed by atoms with Crippen LogP contribution in [0.4, 0.5) is 11.4 Å². The number of nitrogen functional groups attached to an aromatic ring is 1. The average molecular weight is 264 g/mol. The van der Waals surface area contributed by atoms with Crippen LogP contribution in [0.15, 0.2) is 18.2 Å². The number of nitro groups is 1. The number of nitrogens with zero attached hydrogens (tertiary/aromatic N) is 1. The first-order valence-electron chi connectivity index (χ1n) is 6.70. The van der Waals surface area contributed by atoms with Crippen LogP contribution in [0.3, 0.4) is 0 Å². The summed E-state index contributed by atoms with van der Waals surface area (Å²) in [5, 5.41) is 10.7. The lowest BCUT2D eigenvalue weighted by Crippen LogP contribution is -2.20. The SMILES string of the molecule is CC1CCC(OCc2cc([N+](=O)[O-])ccc2N)CC1. The van der Waals surface area contributed by atoms with E-state index in [1.165, 1.54) is 25.0 Å². The van der Waals surface area contributed by atoms with Crippen LogP contribution in [0.25, 0.3) is 0 Å². The third kappa shape index (κ3) is 3.67. The molecule has 1 aromatic rings. The third-order valence-corrected chi connectivity index (χ3v) is 3.77. The molecule has 2 rings (SSSR count). The predicted octanol–water partition coefficient (Wildman–Crippen LogP) is 3.27. The third-order valence-electron chi connectivity index (χ3n) is 3.77. The molecule has 0 unspecified atom stereocenters. The van der Waals surface area contributed by atoms with Crippen LogP contribution in [0.5, 0.6) is 0 Å². The molecule has 1 saturated carbocycles. The second-order valence-electron chi connectivity index (χ2n) is 5.33. The molecule has 2 N–H and O–H groups in total. The first-order valence-corrected chi connectivity index (χ1v) is 6.70. The number of nitro benzene ring substituents is 1. The molecule has 0 atom stereocenters. The van der Waals surface area contributed by atoms with E-state index in [0.717, 1.165) is 18.8 Å². The largest absolute Gasteiger partial charge is 0.398 e. The van der Waals surface area contributed by atoms with Crippen LogP contribution in [0.1, 0.15) is 38.2 Å². The smallest absolute Gasteiger partial charge is 0.269 e. The van der Waals surface area contributed by atoms with E-state index in [0.29, 0.717) is 17.9 Å². The molecule has 0 aliphatic heterocycles. The summed E-state index contributed by atoms with van der Waals surface area (Å²) in [5.74, 6) is 0.780. The number of non-ortho nitro benzene ring substituents is 1. The number of hydrogen-bond donors (Lipinski definition) is 1. The lowest BCUT2D eigenvalue weighted by atomic mass is 9.89. The van der Waals surface area contributed by atoms with Crippen LogP contribution < -0.4 is 5.73 Å². The molecule has 0 spiro atoms. The molecular formula is C14H20N2O3. The Bertz CT molecular complexity index is 454. The van der Waals surface area contributed by atoms with Crippen molar-refractivity contribution in [2.75, 3.05) is 5.73 Å². The zero-order valence-corrected chi connectivity index (χ0v) is 11.2. The highest BCUT2D eigenvalue weighted by molar-refractivity contribution is 5.52. The van der Waals surface area contributed by atoms with Crippen molar-refractivity contribution in [3.8, 4) is 0 Å². The predicted molar refractivity (Wildman–Crippen MR) is 73.7 cm³/mol. The van der Waals surface area contributed by atoms with Gasteiger partial charge in [-0.1, -0.05) is 6.92 Å². The number of ether oxygens (including phenoxy) is 1. The standard InChI is InChI=1S/C14H20N2O3/c1-10-2-5-13(6-3-10)19-9-11-8-12(16(17)18)4-7-14(11)15/h4,7-8,10,13H,2-3,5-6,9,15H2,1H3. The lowest BCUT2D eigenvalue weighted by molar-refractivity contribution is -0.384. The molecule has 0 aromatic heterocycles. The van der Waals surface area contributed by atoms with Crippen molar-refractivity contribution in [1.82, 2.24) is 0 Å². The summed E-state index contributed by atoms with van der Waals surface area (Å²) in [5.41, 5.74) is 7.14. The minimum Gasteiger partial charge on any atom is -0.398 e. The monoisotopic (exact) mass is 264 g/mol. The van der Waals surface area contributed by atoms with Crippen molar-refractivity contribution >= 4 is 11.4 Å². The summed E-state index contributed by atoms with van der Waals surface area (Å²) in [6.07, 6.45) is 4.77. The van der Waals surface area contributed by atoms with Crippen LogP contribution in [-0.2, 0) is 11.3 Å². The summed E-state index contributed by atoms with van der Waals surface area (Å²) < 4.78 is 5.83. The molecule has 104 valence electrons. The Morgan fingerprint density at radius 2 is 2.05 bits per heavy atom. The molecule has 0 heterocycles. The van der Waals surface area contributed by atoms with Gasteiger partial charge in [0.05, 0.1) is 17.6 Å². The van der Waals surface area contributed by atoms with Crippen LogP contribution in [-0.4, -0.2) is 11.0 Å². The van der Waals surface area contributed by atoms with E-state index in [1.807, 2.05) is 0 Å². The molecule has 0 saturated heterocycles. The van der Waals surface area contributed by atoms with Crippen molar-refractivity contribution in [1.29, 1.82) is 0 Å². The molecule has 1 aliphatic rings. The molecule has 19 heavy (non-hydrogen) atoms. The Hall–Kier alpha value is -1.62. The van der Waals surface area contributed by atoms with E-state index in [2.05, 4.69) is 6.92 Å². The van der Waals surface area contributed by atoms with Crippen molar-refractivity contribution in [2.45, 2.75) is 45.3 Å². The number of hydrogen-bond acceptors (Lipinski definition) is 4. The van der Waals surface area contributed by atoms with E-state index in [9.17, 15) is 10.1 Å². The molecule has 0 bridgehead atoms. The van der Waals surface area contributed by atoms with Crippen molar-refractivity contribution in [3.63, 3.8) is 0 Å². The number of benzene rings is 1. The van der Waals surface area contributed by atoms with Crippen LogP contribution in [0.2, 0.25) is 0 Å². The molecule has 1 fully saturated rings. The average Bonchev–Trinajstić information content (AvgIpc) is 2.39. The van der Waals surface area contributed by atoms with Gasteiger partial charge in [-0.2, -0.15) is 0 Å². The highest BCUT2D eigenvalue weighted by atomic mass is 16.6. The van der Waals surface area contributed by atoms with Crippen molar-refractivity contribution in [3.05, 3.63) is 33.9 Å². The molecule has 5 nitrogen and oxygen atoms in total. The van der Waals surface area contributed by atoms with Gasteiger partial charge in [-0.3, -0.25) is 10.1 Å². The normalized spacial score (nSPS) is 23.2. The fraction of sp³-hybridized carbons (Fsp3) is 0.571. The van der Waals surface area contributed by atoms with Crippen molar-refractivity contribution in [2.24, 2.45) is 5.92 Å². The Balaban J connectivity index is 1.95. The second kappa shape index (κ2) is 6.02. The van der Waals surface area contributed by atoms with Gasteiger partial charge < -0.3 is 10.5 Å². The zero-order chi connectivity index (χ0) is 13.8. The maximum atomic E-state index is 10.7. The summed E-state index contributed by atoms with van der Waals surface area (Å²) >= 11 is 0. The van der Waals surface area contributed by atoms with Gasteiger partial charge >= 0.3 is 0 Å². The Kier molecular flexibility index (Phi) is 4.37. The summed E-state index contributed by atoms with van der Waals surface area (Å²) in [6, 6.07) is 4.49. The number of anilines is 1. The molecule has 1 aromatic carbocycles. The Morgan fingerprint density at radius 3 is 2.68 bits per heavy atom. The van der Waals surface area contributed by atoms with Gasteiger partial charge in [0.1, 0.15) is 0 Å². The highest BCUT2D eigenvalue weighted by Gasteiger charge is 2.19. The molecule has 0 amide bonds. The van der Waals surface area contributed by atoms with Crippen molar-refractivity contribution < 1.29 is 9.66 Å². The zero-order valence-electron chi connectivity index (χ0n) is 11.2. The summed E-state index contributed by atoms with van der Waals surface area (Å²) in [7, 11) is 0. The van der Waals surface area contributed by atoms with E-state index in [1.54, 1.807) is 6.07 Å². The van der Waals surface area contributed by atoms with E-state index >= 15 is 0 Å². The minimum atomic E-state index is -0.411. The first kappa shape index (κ1) is 13.8. The van der Waals surface area contributed by atoms with E-state index in [-0.39, 0.29) is 11.8 Å². The first-order chi connectivity index (χ1) is 9.06. The number of nitrogens with two attached hydrogens (primary N) is 1. The summed E-state index contributed by atoms with van der Waals surface area (Å²) in [4.78, 5) is 10.3. The molecule has 1 aliphatic carbocycles. The highest BCUT2D eigenvalue weighted by Crippen LogP contribution is 2.27. The minimum absolute atomic E-state index is 0.0602. The van der Waals surface area contributed by atoms with Gasteiger partial charge in [-0.05, 0) is 37.7 Å². The topological polar surface area (TPSA) is 78.4 Å². The van der Waals surface area contributed by atoms with Gasteiger partial charge in [0.15, 0.2) is 0 Å².